The van der Waals surface area contributed by atoms with Crippen LogP contribution >= 0.6 is 23.2 Å². The van der Waals surface area contributed by atoms with E-state index in [0.29, 0.717) is 21.5 Å². The predicted molar refractivity (Wildman–Crippen MR) is 93.5 cm³/mol. The first-order chi connectivity index (χ1) is 11.9. The molecule has 1 aliphatic rings. The average molecular weight is 379 g/mol. The standard InChI is InChI=1S/C17H12Cl2N2O4/c1-25-14-5-3-10(7-13(14)19)20-15(22)8-21-16(23)11-4-2-9(18)6-12(11)17(21)24/h2-7H,8H2,1H3,(H,20,22). The van der Waals surface area contributed by atoms with Crippen molar-refractivity contribution in [3.05, 3.63) is 57.6 Å². The van der Waals surface area contributed by atoms with Crippen molar-refractivity contribution in [3.63, 3.8) is 0 Å². The summed E-state index contributed by atoms with van der Waals surface area (Å²) in [6.45, 7) is -0.409. The van der Waals surface area contributed by atoms with Gasteiger partial charge in [0.25, 0.3) is 11.8 Å². The van der Waals surface area contributed by atoms with Crippen molar-refractivity contribution in [2.75, 3.05) is 19.0 Å². The van der Waals surface area contributed by atoms with E-state index in [1.54, 1.807) is 12.1 Å². The van der Waals surface area contributed by atoms with E-state index in [1.807, 2.05) is 0 Å². The van der Waals surface area contributed by atoms with E-state index in [-0.39, 0.29) is 11.1 Å². The van der Waals surface area contributed by atoms with Crippen molar-refractivity contribution in [3.8, 4) is 5.75 Å². The Kier molecular flexibility index (Phi) is 4.65. The van der Waals surface area contributed by atoms with Crippen LogP contribution in [-0.4, -0.2) is 36.3 Å². The summed E-state index contributed by atoms with van der Waals surface area (Å²) >= 11 is 11.9. The molecule has 0 atom stereocenters. The van der Waals surface area contributed by atoms with Crippen LogP contribution in [0.2, 0.25) is 10.0 Å². The highest BCUT2D eigenvalue weighted by Gasteiger charge is 2.36. The number of hydrogen-bond acceptors (Lipinski definition) is 4. The summed E-state index contributed by atoms with van der Waals surface area (Å²) in [6.07, 6.45) is 0. The van der Waals surface area contributed by atoms with Gasteiger partial charge in [-0.2, -0.15) is 0 Å². The number of rotatable bonds is 4. The van der Waals surface area contributed by atoms with Gasteiger partial charge in [-0.05, 0) is 36.4 Å². The Morgan fingerprint density at radius 3 is 2.48 bits per heavy atom. The Hall–Kier alpha value is -2.57. The summed E-state index contributed by atoms with van der Waals surface area (Å²) in [4.78, 5) is 37.7. The molecule has 2 aromatic carbocycles. The van der Waals surface area contributed by atoms with Gasteiger partial charge in [-0.25, -0.2) is 0 Å². The number of carbonyl (C=O) groups excluding carboxylic acids is 3. The molecule has 0 saturated heterocycles. The molecule has 1 N–H and O–H groups in total. The largest absolute Gasteiger partial charge is 0.495 e. The van der Waals surface area contributed by atoms with Gasteiger partial charge in [-0.1, -0.05) is 23.2 Å². The molecule has 0 fully saturated rings. The molecule has 2 aromatic rings. The molecule has 0 unspecified atom stereocenters. The van der Waals surface area contributed by atoms with Gasteiger partial charge in [0.05, 0.1) is 23.3 Å². The van der Waals surface area contributed by atoms with E-state index in [4.69, 9.17) is 27.9 Å². The molecule has 1 aliphatic heterocycles. The number of fused-ring (bicyclic) bond motifs is 1. The smallest absolute Gasteiger partial charge is 0.262 e. The summed E-state index contributed by atoms with van der Waals surface area (Å²) in [5.74, 6) is -1.14. The van der Waals surface area contributed by atoms with Gasteiger partial charge in [0.15, 0.2) is 0 Å². The number of anilines is 1. The van der Waals surface area contributed by atoms with Crippen molar-refractivity contribution in [2.45, 2.75) is 0 Å². The van der Waals surface area contributed by atoms with Crippen molar-refractivity contribution in [2.24, 2.45) is 0 Å². The van der Waals surface area contributed by atoms with Crippen molar-refractivity contribution in [1.82, 2.24) is 4.90 Å². The first-order valence-corrected chi connectivity index (χ1v) is 7.95. The molecule has 8 heteroatoms. The molecule has 0 aliphatic carbocycles. The number of halogens is 2. The molecule has 0 radical (unpaired) electrons. The highest BCUT2D eigenvalue weighted by molar-refractivity contribution is 6.33. The van der Waals surface area contributed by atoms with Gasteiger partial charge in [0.2, 0.25) is 5.91 Å². The van der Waals surface area contributed by atoms with Gasteiger partial charge < -0.3 is 10.1 Å². The summed E-state index contributed by atoms with van der Waals surface area (Å²) in [5, 5.41) is 3.26. The molecular weight excluding hydrogens is 367 g/mol. The number of amides is 3. The van der Waals surface area contributed by atoms with Crippen LogP contribution in [0, 0.1) is 0 Å². The van der Waals surface area contributed by atoms with E-state index in [9.17, 15) is 14.4 Å². The van der Waals surface area contributed by atoms with Gasteiger partial charge in [-0.3, -0.25) is 19.3 Å². The molecular formula is C17H12Cl2N2O4. The number of benzene rings is 2. The number of nitrogens with zero attached hydrogens (tertiary/aromatic N) is 1. The van der Waals surface area contributed by atoms with Crippen LogP contribution in [0.15, 0.2) is 36.4 Å². The van der Waals surface area contributed by atoms with Crippen LogP contribution in [-0.2, 0) is 4.79 Å². The minimum atomic E-state index is -0.551. The molecule has 0 aromatic heterocycles. The second kappa shape index (κ2) is 6.74. The lowest BCUT2D eigenvalue weighted by Gasteiger charge is -2.14. The zero-order valence-corrected chi connectivity index (χ0v) is 14.5. The normalized spacial score (nSPS) is 13.0. The first kappa shape index (κ1) is 17.3. The van der Waals surface area contributed by atoms with Gasteiger partial charge in [0.1, 0.15) is 12.3 Å². The fraction of sp³-hybridized carbons (Fsp3) is 0.118. The van der Waals surface area contributed by atoms with Crippen LogP contribution in [0.25, 0.3) is 0 Å². The highest BCUT2D eigenvalue weighted by atomic mass is 35.5. The van der Waals surface area contributed by atoms with E-state index < -0.39 is 24.3 Å². The molecule has 128 valence electrons. The third-order valence-electron chi connectivity index (χ3n) is 3.67. The Morgan fingerprint density at radius 1 is 1.08 bits per heavy atom. The van der Waals surface area contributed by atoms with E-state index in [1.165, 1.54) is 31.4 Å². The minimum absolute atomic E-state index is 0.192. The lowest BCUT2D eigenvalue weighted by Crippen LogP contribution is -2.37. The van der Waals surface area contributed by atoms with Crippen LogP contribution < -0.4 is 10.1 Å². The minimum Gasteiger partial charge on any atom is -0.495 e. The number of methoxy groups -OCH3 is 1. The first-order valence-electron chi connectivity index (χ1n) is 7.20. The van der Waals surface area contributed by atoms with Crippen molar-refractivity contribution < 1.29 is 19.1 Å². The third-order valence-corrected chi connectivity index (χ3v) is 4.20. The SMILES string of the molecule is COc1ccc(NC(=O)CN2C(=O)c3ccc(Cl)cc3C2=O)cc1Cl. The number of carbonyl (C=O) groups is 3. The Labute approximate surface area is 153 Å². The number of imide groups is 1. The summed E-state index contributed by atoms with van der Waals surface area (Å²) < 4.78 is 5.03. The quantitative estimate of drug-likeness (QED) is 0.828. The van der Waals surface area contributed by atoms with Gasteiger partial charge in [0, 0.05) is 10.7 Å². The monoisotopic (exact) mass is 378 g/mol. The lowest BCUT2D eigenvalue weighted by atomic mass is 10.1. The van der Waals surface area contributed by atoms with Gasteiger partial charge >= 0.3 is 0 Å². The molecule has 0 saturated carbocycles. The fourth-order valence-electron chi connectivity index (χ4n) is 2.49. The highest BCUT2D eigenvalue weighted by Crippen LogP contribution is 2.28. The molecule has 0 bridgehead atoms. The fourth-order valence-corrected chi connectivity index (χ4v) is 2.92. The molecule has 1 heterocycles. The van der Waals surface area contributed by atoms with Crippen LogP contribution in [0.4, 0.5) is 5.69 Å². The zero-order chi connectivity index (χ0) is 18.1. The Bertz CT molecular complexity index is 898. The maximum atomic E-state index is 12.3. The molecule has 25 heavy (non-hydrogen) atoms. The predicted octanol–water partition coefficient (Wildman–Crippen LogP) is 3.24. The second-order valence-electron chi connectivity index (χ2n) is 5.28. The maximum absolute atomic E-state index is 12.3. The summed E-state index contributed by atoms with van der Waals surface area (Å²) in [5.41, 5.74) is 0.850. The van der Waals surface area contributed by atoms with E-state index in [2.05, 4.69) is 5.32 Å². The molecule has 6 nitrogen and oxygen atoms in total. The molecule has 3 amide bonds. The Balaban J connectivity index is 1.73. The van der Waals surface area contributed by atoms with E-state index in [0.717, 1.165) is 4.90 Å². The van der Waals surface area contributed by atoms with Crippen LogP contribution in [0.5, 0.6) is 5.75 Å². The van der Waals surface area contributed by atoms with Crippen molar-refractivity contribution >= 4 is 46.6 Å². The third kappa shape index (κ3) is 3.31. The maximum Gasteiger partial charge on any atom is 0.262 e. The second-order valence-corrected chi connectivity index (χ2v) is 6.13. The Morgan fingerprint density at radius 2 is 1.80 bits per heavy atom. The van der Waals surface area contributed by atoms with Crippen LogP contribution in [0.1, 0.15) is 20.7 Å². The summed E-state index contributed by atoms with van der Waals surface area (Å²) in [6, 6.07) is 9.12. The zero-order valence-electron chi connectivity index (χ0n) is 13.0. The summed E-state index contributed by atoms with van der Waals surface area (Å²) in [7, 11) is 1.48. The molecule has 0 spiro atoms. The molecule has 3 rings (SSSR count). The number of ether oxygens (including phenoxy) is 1. The number of nitrogens with one attached hydrogen (secondary N) is 1. The lowest BCUT2D eigenvalue weighted by molar-refractivity contribution is -0.116. The van der Waals surface area contributed by atoms with Crippen molar-refractivity contribution in [1.29, 1.82) is 0 Å². The van der Waals surface area contributed by atoms with Crippen LogP contribution in [0.3, 0.4) is 0 Å². The topological polar surface area (TPSA) is 75.7 Å². The number of hydrogen-bond donors (Lipinski definition) is 1. The average Bonchev–Trinajstić information content (AvgIpc) is 2.79. The van der Waals surface area contributed by atoms with Gasteiger partial charge in [-0.15, -0.1) is 0 Å². The van der Waals surface area contributed by atoms with E-state index >= 15 is 0 Å².